The van der Waals surface area contributed by atoms with Crippen LogP contribution in [0.1, 0.15) is 25.2 Å². The average molecular weight is 240 g/mol. The molecule has 2 atom stereocenters. The van der Waals surface area contributed by atoms with E-state index in [-0.39, 0.29) is 11.9 Å². The van der Waals surface area contributed by atoms with Crippen LogP contribution in [0.2, 0.25) is 0 Å². The van der Waals surface area contributed by atoms with Crippen molar-refractivity contribution in [3.05, 3.63) is 24.2 Å². The second-order valence-electron chi connectivity index (χ2n) is 4.33. The number of nitrogens with one attached hydrogen (secondary N) is 1. The topological polar surface area (TPSA) is 65.7 Å². The standard InChI is InChI=1S/C12H20N2O3/c1-9(7-12(16)14(2)3)13-8-10(15)11-5-4-6-17-11/h4-6,9-10,13,15H,7-8H2,1-3H3. The van der Waals surface area contributed by atoms with Gasteiger partial charge in [0.05, 0.1) is 6.26 Å². The molecule has 0 saturated carbocycles. The molecule has 96 valence electrons. The van der Waals surface area contributed by atoms with Crippen LogP contribution in [0.3, 0.4) is 0 Å². The van der Waals surface area contributed by atoms with Crippen LogP contribution in [0.5, 0.6) is 0 Å². The number of aliphatic hydroxyl groups excluding tert-OH is 1. The first-order valence-electron chi connectivity index (χ1n) is 5.65. The molecule has 0 saturated heterocycles. The second-order valence-corrected chi connectivity index (χ2v) is 4.33. The van der Waals surface area contributed by atoms with Gasteiger partial charge in [-0.2, -0.15) is 0 Å². The molecule has 0 spiro atoms. The summed E-state index contributed by atoms with van der Waals surface area (Å²) in [5, 5.41) is 12.8. The lowest BCUT2D eigenvalue weighted by molar-refractivity contribution is -0.129. The summed E-state index contributed by atoms with van der Waals surface area (Å²) in [5.41, 5.74) is 0. The van der Waals surface area contributed by atoms with Gasteiger partial charge >= 0.3 is 0 Å². The lowest BCUT2D eigenvalue weighted by atomic mass is 10.2. The molecule has 1 aromatic heterocycles. The molecule has 1 heterocycles. The first kappa shape index (κ1) is 13.7. The van der Waals surface area contributed by atoms with Gasteiger partial charge in [0.1, 0.15) is 11.9 Å². The Morgan fingerprint density at radius 3 is 2.82 bits per heavy atom. The number of aliphatic hydroxyl groups is 1. The number of rotatable bonds is 6. The van der Waals surface area contributed by atoms with Crippen molar-refractivity contribution in [1.82, 2.24) is 10.2 Å². The smallest absolute Gasteiger partial charge is 0.223 e. The van der Waals surface area contributed by atoms with Crippen molar-refractivity contribution < 1.29 is 14.3 Å². The monoisotopic (exact) mass is 240 g/mol. The zero-order valence-electron chi connectivity index (χ0n) is 10.5. The first-order valence-corrected chi connectivity index (χ1v) is 5.65. The minimum Gasteiger partial charge on any atom is -0.467 e. The van der Waals surface area contributed by atoms with Crippen molar-refractivity contribution in [2.75, 3.05) is 20.6 Å². The molecule has 1 aromatic rings. The fourth-order valence-corrected chi connectivity index (χ4v) is 1.41. The third-order valence-electron chi connectivity index (χ3n) is 2.51. The highest BCUT2D eigenvalue weighted by atomic mass is 16.4. The van der Waals surface area contributed by atoms with Crippen molar-refractivity contribution in [1.29, 1.82) is 0 Å². The van der Waals surface area contributed by atoms with E-state index in [2.05, 4.69) is 5.32 Å². The Bertz CT molecular complexity index is 336. The molecular weight excluding hydrogens is 220 g/mol. The van der Waals surface area contributed by atoms with Crippen LogP contribution in [0.25, 0.3) is 0 Å². The number of furan rings is 1. The largest absolute Gasteiger partial charge is 0.467 e. The Kier molecular flexibility index (Phi) is 5.18. The van der Waals surface area contributed by atoms with Gasteiger partial charge in [0.2, 0.25) is 5.91 Å². The van der Waals surface area contributed by atoms with E-state index < -0.39 is 6.10 Å². The maximum Gasteiger partial charge on any atom is 0.223 e. The molecule has 5 heteroatoms. The predicted molar refractivity (Wildman–Crippen MR) is 64.4 cm³/mol. The molecule has 0 aromatic carbocycles. The highest BCUT2D eigenvalue weighted by Gasteiger charge is 2.14. The van der Waals surface area contributed by atoms with Gasteiger partial charge in [-0.3, -0.25) is 4.79 Å². The summed E-state index contributed by atoms with van der Waals surface area (Å²) in [6, 6.07) is 3.48. The Morgan fingerprint density at radius 1 is 1.59 bits per heavy atom. The van der Waals surface area contributed by atoms with E-state index >= 15 is 0 Å². The van der Waals surface area contributed by atoms with E-state index in [0.29, 0.717) is 18.7 Å². The predicted octanol–water partition coefficient (Wildman–Crippen LogP) is 0.769. The van der Waals surface area contributed by atoms with Crippen molar-refractivity contribution in [2.24, 2.45) is 0 Å². The molecule has 0 aliphatic carbocycles. The maximum atomic E-state index is 11.4. The zero-order valence-corrected chi connectivity index (χ0v) is 10.5. The van der Waals surface area contributed by atoms with E-state index in [1.165, 1.54) is 6.26 Å². The van der Waals surface area contributed by atoms with Crippen LogP contribution in [0.4, 0.5) is 0 Å². The molecule has 2 N–H and O–H groups in total. The molecule has 0 bridgehead atoms. The molecule has 5 nitrogen and oxygen atoms in total. The van der Waals surface area contributed by atoms with Gasteiger partial charge in [0.25, 0.3) is 0 Å². The number of carbonyl (C=O) groups excluding carboxylic acids is 1. The third-order valence-corrected chi connectivity index (χ3v) is 2.51. The van der Waals surface area contributed by atoms with Gasteiger partial charge in [-0.15, -0.1) is 0 Å². The molecule has 0 fully saturated rings. The number of hydrogen-bond acceptors (Lipinski definition) is 4. The number of hydrogen-bond donors (Lipinski definition) is 2. The summed E-state index contributed by atoms with van der Waals surface area (Å²) in [6.45, 7) is 2.28. The first-order chi connectivity index (χ1) is 8.00. The second kappa shape index (κ2) is 6.42. The molecular formula is C12H20N2O3. The lowest BCUT2D eigenvalue weighted by Gasteiger charge is -2.17. The minimum atomic E-state index is -0.679. The van der Waals surface area contributed by atoms with E-state index in [0.717, 1.165) is 0 Å². The average Bonchev–Trinajstić information content (AvgIpc) is 2.79. The quantitative estimate of drug-likeness (QED) is 0.771. The molecule has 0 radical (unpaired) electrons. The van der Waals surface area contributed by atoms with E-state index in [1.54, 1.807) is 31.1 Å². The van der Waals surface area contributed by atoms with Gasteiger partial charge in [-0.25, -0.2) is 0 Å². The molecule has 0 aliphatic heterocycles. The number of amides is 1. The summed E-state index contributed by atoms with van der Waals surface area (Å²) in [5.74, 6) is 0.598. The van der Waals surface area contributed by atoms with Crippen molar-refractivity contribution >= 4 is 5.91 Å². The minimum absolute atomic E-state index is 0.0227. The van der Waals surface area contributed by atoms with E-state index in [4.69, 9.17) is 4.42 Å². The number of nitrogens with zero attached hydrogens (tertiary/aromatic N) is 1. The maximum absolute atomic E-state index is 11.4. The van der Waals surface area contributed by atoms with Crippen molar-refractivity contribution in [2.45, 2.75) is 25.5 Å². The van der Waals surface area contributed by atoms with Crippen LogP contribution in [0, 0.1) is 0 Å². The SMILES string of the molecule is CC(CC(=O)N(C)C)NCC(O)c1ccco1. The Hall–Kier alpha value is -1.33. The highest BCUT2D eigenvalue weighted by Crippen LogP contribution is 2.12. The zero-order chi connectivity index (χ0) is 12.8. The van der Waals surface area contributed by atoms with Gasteiger partial charge in [-0.1, -0.05) is 0 Å². The summed E-state index contributed by atoms with van der Waals surface area (Å²) < 4.78 is 5.08. The Balaban J connectivity index is 2.28. The van der Waals surface area contributed by atoms with Crippen LogP contribution in [-0.2, 0) is 4.79 Å². The van der Waals surface area contributed by atoms with Gasteiger partial charge in [0, 0.05) is 33.1 Å². The van der Waals surface area contributed by atoms with E-state index in [9.17, 15) is 9.90 Å². The van der Waals surface area contributed by atoms with E-state index in [1.807, 2.05) is 6.92 Å². The Morgan fingerprint density at radius 2 is 2.29 bits per heavy atom. The lowest BCUT2D eigenvalue weighted by Crippen LogP contribution is -2.35. The summed E-state index contributed by atoms with van der Waals surface area (Å²) >= 11 is 0. The molecule has 17 heavy (non-hydrogen) atoms. The van der Waals surface area contributed by atoms with Gasteiger partial charge in [-0.05, 0) is 19.1 Å². The fraction of sp³-hybridized carbons (Fsp3) is 0.583. The van der Waals surface area contributed by atoms with Crippen LogP contribution in [-0.4, -0.2) is 42.6 Å². The molecule has 1 amide bonds. The number of carbonyl (C=O) groups is 1. The summed E-state index contributed by atoms with van der Waals surface area (Å²) in [6.07, 6.45) is 1.26. The molecule has 2 unspecified atom stereocenters. The normalized spacial score (nSPS) is 14.4. The summed E-state index contributed by atoms with van der Waals surface area (Å²) in [7, 11) is 3.46. The summed E-state index contributed by atoms with van der Waals surface area (Å²) in [4.78, 5) is 13.0. The fourth-order valence-electron chi connectivity index (χ4n) is 1.41. The third kappa shape index (κ3) is 4.58. The van der Waals surface area contributed by atoms with Crippen molar-refractivity contribution in [3.8, 4) is 0 Å². The van der Waals surface area contributed by atoms with Crippen molar-refractivity contribution in [3.63, 3.8) is 0 Å². The van der Waals surface area contributed by atoms with Gasteiger partial charge < -0.3 is 19.7 Å². The van der Waals surface area contributed by atoms with Crippen LogP contribution >= 0.6 is 0 Å². The Labute approximate surface area is 101 Å². The van der Waals surface area contributed by atoms with Crippen LogP contribution < -0.4 is 5.32 Å². The highest BCUT2D eigenvalue weighted by molar-refractivity contribution is 5.76. The molecule has 0 aliphatic rings. The van der Waals surface area contributed by atoms with Crippen LogP contribution in [0.15, 0.2) is 22.8 Å². The van der Waals surface area contributed by atoms with Gasteiger partial charge in [0.15, 0.2) is 0 Å². The molecule has 1 rings (SSSR count).